The fraction of sp³-hybridized carbons (Fsp3) is 0.207. The zero-order chi connectivity index (χ0) is 27.7. The topological polar surface area (TPSA) is 107 Å². The molecule has 0 radical (unpaired) electrons. The van der Waals surface area contributed by atoms with E-state index < -0.39 is 17.7 Å². The van der Waals surface area contributed by atoms with Crippen molar-refractivity contribution in [3.8, 4) is 23.0 Å². The third-order valence-corrected chi connectivity index (χ3v) is 7.42. The normalized spacial score (nSPS) is 16.5. The molecule has 1 atom stereocenters. The number of fused-ring (bicyclic) bond motifs is 1. The Morgan fingerprint density at radius 1 is 0.974 bits per heavy atom. The first-order valence-electron chi connectivity index (χ1n) is 12.1. The van der Waals surface area contributed by atoms with Gasteiger partial charge in [0.25, 0.3) is 5.78 Å². The van der Waals surface area contributed by atoms with E-state index in [9.17, 15) is 14.7 Å². The highest BCUT2D eigenvalue weighted by Gasteiger charge is 2.49. The third kappa shape index (κ3) is 4.52. The fourth-order valence-corrected chi connectivity index (χ4v) is 5.63. The van der Waals surface area contributed by atoms with Crippen LogP contribution < -0.4 is 23.8 Å². The van der Waals surface area contributed by atoms with Gasteiger partial charge in [0, 0.05) is 11.1 Å². The number of hydrogen-bond acceptors (Lipinski definition) is 9. The maximum Gasteiger partial charge on any atom is 0.301 e. The minimum Gasteiger partial charge on any atom is -0.507 e. The first-order chi connectivity index (χ1) is 18.9. The lowest BCUT2D eigenvalue weighted by Gasteiger charge is -2.25. The molecule has 0 spiro atoms. The molecule has 10 heteroatoms. The van der Waals surface area contributed by atoms with Crippen molar-refractivity contribution in [3.63, 3.8) is 0 Å². The van der Waals surface area contributed by atoms with Crippen LogP contribution in [-0.2, 0) is 9.59 Å². The average Bonchev–Trinajstić information content (AvgIpc) is 3.49. The Morgan fingerprint density at radius 2 is 1.72 bits per heavy atom. The SMILES string of the molecule is CCOc1ccc2nc(N3C(=O)C(=O)/C(=C(/O)c4ccc(OC)cc4)[C@H]3c3cccc(OC)c3OC)sc2c1. The molecule has 3 aromatic carbocycles. The molecule has 0 bridgehead atoms. The smallest absolute Gasteiger partial charge is 0.301 e. The number of aliphatic hydroxyl groups is 1. The first kappa shape index (κ1) is 26.1. The van der Waals surface area contributed by atoms with Gasteiger partial charge in [0.2, 0.25) is 0 Å². The van der Waals surface area contributed by atoms with E-state index in [1.54, 1.807) is 54.6 Å². The molecule has 200 valence electrons. The Balaban J connectivity index is 1.74. The van der Waals surface area contributed by atoms with Crippen LogP contribution in [0.2, 0.25) is 0 Å². The van der Waals surface area contributed by atoms with Gasteiger partial charge in [0.15, 0.2) is 16.6 Å². The Labute approximate surface area is 228 Å². The quantitative estimate of drug-likeness (QED) is 0.179. The van der Waals surface area contributed by atoms with Gasteiger partial charge in [-0.1, -0.05) is 23.5 Å². The molecule has 2 heterocycles. The van der Waals surface area contributed by atoms with Gasteiger partial charge in [-0.3, -0.25) is 14.5 Å². The molecule has 1 aliphatic heterocycles. The summed E-state index contributed by atoms with van der Waals surface area (Å²) in [6.07, 6.45) is 0. The van der Waals surface area contributed by atoms with Crippen LogP contribution in [0.4, 0.5) is 5.13 Å². The number of ketones is 1. The summed E-state index contributed by atoms with van der Waals surface area (Å²) in [4.78, 5) is 33.2. The lowest BCUT2D eigenvalue weighted by molar-refractivity contribution is -0.132. The highest BCUT2D eigenvalue weighted by atomic mass is 32.1. The number of ether oxygens (including phenoxy) is 4. The molecule has 5 rings (SSSR count). The van der Waals surface area contributed by atoms with E-state index >= 15 is 0 Å². The molecule has 0 aliphatic carbocycles. The molecule has 1 aromatic heterocycles. The summed E-state index contributed by atoms with van der Waals surface area (Å²) < 4.78 is 22.8. The number of benzene rings is 3. The summed E-state index contributed by atoms with van der Waals surface area (Å²) in [5.41, 5.74) is 1.37. The number of methoxy groups -OCH3 is 3. The number of hydrogen-bond donors (Lipinski definition) is 1. The predicted octanol–water partition coefficient (Wildman–Crippen LogP) is 5.35. The van der Waals surface area contributed by atoms with Gasteiger partial charge in [0.1, 0.15) is 23.3 Å². The van der Waals surface area contributed by atoms with E-state index in [4.69, 9.17) is 18.9 Å². The van der Waals surface area contributed by atoms with Crippen molar-refractivity contribution in [2.45, 2.75) is 13.0 Å². The first-order valence-corrected chi connectivity index (χ1v) is 12.9. The Bertz CT molecular complexity index is 1590. The fourth-order valence-electron chi connectivity index (χ4n) is 4.61. The second-order valence-corrected chi connectivity index (χ2v) is 9.55. The van der Waals surface area contributed by atoms with E-state index in [1.807, 2.05) is 13.0 Å². The molecule has 1 aliphatic rings. The molecule has 9 nitrogen and oxygen atoms in total. The minimum atomic E-state index is -1.04. The summed E-state index contributed by atoms with van der Waals surface area (Å²) in [5.74, 6) is 0.0178. The van der Waals surface area contributed by atoms with Crippen LogP contribution in [0.5, 0.6) is 23.0 Å². The Kier molecular flexibility index (Phi) is 7.12. The molecule has 39 heavy (non-hydrogen) atoms. The van der Waals surface area contributed by atoms with Crippen molar-refractivity contribution in [2.75, 3.05) is 32.8 Å². The van der Waals surface area contributed by atoms with Crippen LogP contribution in [0.3, 0.4) is 0 Å². The number of thiazole rings is 1. The van der Waals surface area contributed by atoms with Crippen LogP contribution in [0.1, 0.15) is 24.1 Å². The lowest BCUT2D eigenvalue weighted by atomic mass is 9.94. The van der Waals surface area contributed by atoms with Gasteiger partial charge >= 0.3 is 5.91 Å². The zero-order valence-corrected chi connectivity index (χ0v) is 22.6. The number of aromatic nitrogens is 1. The van der Waals surface area contributed by atoms with Crippen LogP contribution in [-0.4, -0.2) is 49.7 Å². The number of rotatable bonds is 8. The number of aliphatic hydroxyl groups excluding tert-OH is 1. The van der Waals surface area contributed by atoms with Crippen molar-refractivity contribution in [2.24, 2.45) is 0 Å². The van der Waals surface area contributed by atoms with Crippen molar-refractivity contribution in [1.82, 2.24) is 4.98 Å². The van der Waals surface area contributed by atoms with Gasteiger partial charge in [-0.25, -0.2) is 4.98 Å². The van der Waals surface area contributed by atoms with Gasteiger partial charge < -0.3 is 24.1 Å². The van der Waals surface area contributed by atoms with Gasteiger partial charge in [-0.15, -0.1) is 0 Å². The van der Waals surface area contributed by atoms with E-state index in [1.165, 1.54) is 37.6 Å². The number of anilines is 1. The van der Waals surface area contributed by atoms with E-state index in [-0.39, 0.29) is 11.3 Å². The number of nitrogens with zero attached hydrogens (tertiary/aromatic N) is 2. The van der Waals surface area contributed by atoms with Crippen LogP contribution in [0.25, 0.3) is 16.0 Å². The standard InChI is InChI=1S/C29H26N2O7S/c1-5-38-18-13-14-20-22(15-18)39-29(30-20)31-24(19-7-6-8-21(36-3)27(19)37-4)23(26(33)28(31)34)25(32)16-9-11-17(35-2)12-10-16/h6-15,24,32H,5H2,1-4H3/b25-23+/t24-/m1/s1. The third-order valence-electron chi connectivity index (χ3n) is 6.40. The Morgan fingerprint density at radius 3 is 2.38 bits per heavy atom. The molecule has 1 fully saturated rings. The molecule has 4 aromatic rings. The second kappa shape index (κ2) is 10.7. The number of carbonyl (C=O) groups excluding carboxylic acids is 2. The van der Waals surface area contributed by atoms with Gasteiger partial charge in [-0.05, 0) is 55.5 Å². The Hall–Kier alpha value is -4.57. The summed E-state index contributed by atoms with van der Waals surface area (Å²) in [5, 5.41) is 11.7. The average molecular weight is 547 g/mol. The summed E-state index contributed by atoms with van der Waals surface area (Å²) >= 11 is 1.25. The molecule has 1 saturated heterocycles. The maximum absolute atomic E-state index is 13.6. The predicted molar refractivity (Wildman–Crippen MR) is 148 cm³/mol. The van der Waals surface area contributed by atoms with Gasteiger partial charge in [-0.2, -0.15) is 0 Å². The van der Waals surface area contributed by atoms with Crippen LogP contribution in [0.15, 0.2) is 66.2 Å². The zero-order valence-electron chi connectivity index (χ0n) is 21.8. The van der Waals surface area contributed by atoms with Crippen molar-refractivity contribution >= 4 is 44.1 Å². The summed E-state index contributed by atoms with van der Waals surface area (Å²) in [7, 11) is 4.51. The monoisotopic (exact) mass is 546 g/mol. The molecule has 0 saturated carbocycles. The molecule has 0 unspecified atom stereocenters. The maximum atomic E-state index is 13.6. The van der Waals surface area contributed by atoms with Crippen molar-refractivity contribution in [3.05, 3.63) is 77.4 Å². The van der Waals surface area contributed by atoms with Gasteiger partial charge in [0.05, 0.1) is 43.7 Å². The lowest BCUT2D eigenvalue weighted by Crippen LogP contribution is -2.29. The molecular weight excluding hydrogens is 520 g/mol. The highest BCUT2D eigenvalue weighted by molar-refractivity contribution is 7.22. The summed E-state index contributed by atoms with van der Waals surface area (Å²) in [6.45, 7) is 2.40. The largest absolute Gasteiger partial charge is 0.507 e. The number of Topliss-reactive ketones (excluding diaryl/α,β-unsaturated/α-hetero) is 1. The van der Waals surface area contributed by atoms with Crippen LogP contribution in [0, 0.1) is 0 Å². The molecular formula is C29H26N2O7S. The van der Waals surface area contributed by atoms with Crippen molar-refractivity contribution in [1.29, 1.82) is 0 Å². The molecule has 1 amide bonds. The summed E-state index contributed by atoms with van der Waals surface area (Å²) in [6, 6.07) is 16.1. The van der Waals surface area contributed by atoms with E-state index in [2.05, 4.69) is 4.98 Å². The highest BCUT2D eigenvalue weighted by Crippen LogP contribution is 2.48. The molecule has 1 N–H and O–H groups in total. The minimum absolute atomic E-state index is 0.0917. The van der Waals surface area contributed by atoms with Crippen molar-refractivity contribution < 1.29 is 33.6 Å². The number of carbonyl (C=O) groups is 2. The van der Waals surface area contributed by atoms with E-state index in [0.29, 0.717) is 51.4 Å². The second-order valence-electron chi connectivity index (χ2n) is 8.54. The van der Waals surface area contributed by atoms with Crippen LogP contribution >= 0.6 is 11.3 Å². The number of amides is 1. The van der Waals surface area contributed by atoms with E-state index in [0.717, 1.165) is 4.70 Å². The number of para-hydroxylation sites is 1.